The van der Waals surface area contributed by atoms with Gasteiger partial charge in [0.2, 0.25) is 5.91 Å². The smallest absolute Gasteiger partial charge is 0.223 e. The van der Waals surface area contributed by atoms with Crippen molar-refractivity contribution in [2.24, 2.45) is 11.3 Å². The van der Waals surface area contributed by atoms with Crippen LogP contribution in [-0.2, 0) is 11.2 Å². The van der Waals surface area contributed by atoms with Crippen LogP contribution in [0.1, 0.15) is 24.8 Å². The van der Waals surface area contributed by atoms with Gasteiger partial charge in [0.15, 0.2) is 0 Å². The van der Waals surface area contributed by atoms with Crippen LogP contribution < -0.4 is 10.6 Å². The van der Waals surface area contributed by atoms with Crippen LogP contribution in [0, 0.1) is 11.3 Å². The minimum absolute atomic E-state index is 0.260. The van der Waals surface area contributed by atoms with Gasteiger partial charge in [-0.05, 0) is 61.9 Å². The summed E-state index contributed by atoms with van der Waals surface area (Å²) in [6.07, 6.45) is 7.89. The first-order valence-corrected chi connectivity index (χ1v) is 7.18. The molecule has 4 heteroatoms. The van der Waals surface area contributed by atoms with E-state index in [1.807, 2.05) is 12.1 Å². The molecular weight excluding hydrogens is 238 g/mol. The van der Waals surface area contributed by atoms with E-state index in [0.717, 1.165) is 45.3 Å². The number of aromatic nitrogens is 1. The lowest BCUT2D eigenvalue weighted by Crippen LogP contribution is -2.34. The molecule has 1 saturated heterocycles. The van der Waals surface area contributed by atoms with Gasteiger partial charge in [-0.25, -0.2) is 0 Å². The molecule has 1 aliphatic carbocycles. The summed E-state index contributed by atoms with van der Waals surface area (Å²) in [5, 5.41) is 6.45. The summed E-state index contributed by atoms with van der Waals surface area (Å²) < 4.78 is 0. The highest BCUT2D eigenvalue weighted by Crippen LogP contribution is 2.58. The molecule has 1 aromatic heterocycles. The van der Waals surface area contributed by atoms with Crippen molar-refractivity contribution in [3.63, 3.8) is 0 Å². The maximum absolute atomic E-state index is 12.1. The van der Waals surface area contributed by atoms with Crippen molar-refractivity contribution in [1.82, 2.24) is 15.6 Å². The highest BCUT2D eigenvalue weighted by Gasteiger charge is 2.57. The second-order valence-electron chi connectivity index (χ2n) is 5.77. The number of nitrogens with zero attached hydrogens (tertiary/aromatic N) is 1. The highest BCUT2D eigenvalue weighted by molar-refractivity contribution is 5.82. The van der Waals surface area contributed by atoms with E-state index >= 15 is 0 Å². The molecule has 4 nitrogen and oxygen atoms in total. The Morgan fingerprint density at radius 3 is 2.84 bits per heavy atom. The lowest BCUT2D eigenvalue weighted by Gasteiger charge is -2.23. The molecule has 1 amide bonds. The molecule has 1 aromatic rings. The lowest BCUT2D eigenvalue weighted by atomic mass is 9.92. The highest BCUT2D eigenvalue weighted by atomic mass is 16.2. The molecule has 1 saturated carbocycles. The van der Waals surface area contributed by atoms with Gasteiger partial charge < -0.3 is 10.6 Å². The third kappa shape index (κ3) is 2.78. The van der Waals surface area contributed by atoms with Gasteiger partial charge in [-0.15, -0.1) is 0 Å². The van der Waals surface area contributed by atoms with Crippen LogP contribution in [0.4, 0.5) is 0 Å². The van der Waals surface area contributed by atoms with Gasteiger partial charge in [0.05, 0.1) is 0 Å². The molecule has 0 bridgehead atoms. The average molecular weight is 259 g/mol. The largest absolute Gasteiger partial charge is 0.356 e. The Morgan fingerprint density at radius 1 is 1.37 bits per heavy atom. The molecule has 2 aliphatic rings. The third-order valence-corrected chi connectivity index (χ3v) is 4.57. The summed E-state index contributed by atoms with van der Waals surface area (Å²) in [6.45, 7) is 2.87. The van der Waals surface area contributed by atoms with Crippen molar-refractivity contribution in [2.75, 3.05) is 19.6 Å². The number of nitrogens with one attached hydrogen (secondary N) is 2. The number of carbonyl (C=O) groups excluding carboxylic acids is 1. The fourth-order valence-electron chi connectivity index (χ4n) is 3.20. The summed E-state index contributed by atoms with van der Waals surface area (Å²) in [6, 6.07) is 4.00. The van der Waals surface area contributed by atoms with Gasteiger partial charge in [0, 0.05) is 24.9 Å². The number of hydrogen-bond donors (Lipinski definition) is 2. The van der Waals surface area contributed by atoms with E-state index in [1.54, 1.807) is 12.4 Å². The molecule has 2 heterocycles. The van der Waals surface area contributed by atoms with Gasteiger partial charge in [-0.1, -0.05) is 0 Å². The predicted octanol–water partition coefficient (Wildman–Crippen LogP) is 1.13. The van der Waals surface area contributed by atoms with Crippen molar-refractivity contribution in [2.45, 2.75) is 25.7 Å². The Labute approximate surface area is 114 Å². The number of piperidine rings is 1. The zero-order chi connectivity index (χ0) is 13.1. The quantitative estimate of drug-likeness (QED) is 0.852. The van der Waals surface area contributed by atoms with E-state index in [9.17, 15) is 4.79 Å². The molecular formula is C15H21N3O. The van der Waals surface area contributed by atoms with Crippen molar-refractivity contribution in [3.8, 4) is 0 Å². The maximum Gasteiger partial charge on any atom is 0.223 e. The first-order chi connectivity index (χ1) is 9.30. The molecule has 2 N–H and O–H groups in total. The second-order valence-corrected chi connectivity index (χ2v) is 5.77. The van der Waals surface area contributed by atoms with Crippen molar-refractivity contribution in [1.29, 1.82) is 0 Å². The Hall–Kier alpha value is -1.42. The van der Waals surface area contributed by atoms with Crippen molar-refractivity contribution < 1.29 is 4.79 Å². The number of rotatable bonds is 4. The molecule has 0 radical (unpaired) electrons. The Kier molecular flexibility index (Phi) is 3.51. The van der Waals surface area contributed by atoms with E-state index in [4.69, 9.17) is 0 Å². The first-order valence-electron chi connectivity index (χ1n) is 7.18. The van der Waals surface area contributed by atoms with Crippen molar-refractivity contribution in [3.05, 3.63) is 30.1 Å². The zero-order valence-corrected chi connectivity index (χ0v) is 11.2. The molecule has 0 aromatic carbocycles. The van der Waals surface area contributed by atoms with Crippen LogP contribution >= 0.6 is 0 Å². The SMILES string of the molecule is O=C(NCCc1ccncc1)C1CC12CCNCC2. The molecule has 102 valence electrons. The summed E-state index contributed by atoms with van der Waals surface area (Å²) >= 11 is 0. The van der Waals surface area contributed by atoms with Gasteiger partial charge >= 0.3 is 0 Å². The minimum atomic E-state index is 0.260. The topological polar surface area (TPSA) is 54.0 Å². The molecule has 2 fully saturated rings. The van der Waals surface area contributed by atoms with E-state index in [0.29, 0.717) is 5.41 Å². The normalized spacial score (nSPS) is 24.1. The molecule has 1 aliphatic heterocycles. The monoisotopic (exact) mass is 259 g/mol. The standard InChI is InChI=1S/C15H21N3O/c19-14(13-11-15(13)4-9-17-10-5-15)18-8-3-12-1-6-16-7-2-12/h1-2,6-7,13,17H,3-5,8-11H2,(H,18,19). The van der Waals surface area contributed by atoms with Crippen LogP contribution in [0.3, 0.4) is 0 Å². The van der Waals surface area contributed by atoms with Gasteiger partial charge in [-0.2, -0.15) is 0 Å². The lowest BCUT2D eigenvalue weighted by molar-refractivity contribution is -0.123. The molecule has 1 unspecified atom stereocenters. The van der Waals surface area contributed by atoms with Gasteiger partial charge in [-0.3, -0.25) is 9.78 Å². The fourth-order valence-corrected chi connectivity index (χ4v) is 3.20. The zero-order valence-electron chi connectivity index (χ0n) is 11.2. The van der Waals surface area contributed by atoms with Crippen molar-refractivity contribution >= 4 is 5.91 Å². The second kappa shape index (κ2) is 5.29. The third-order valence-electron chi connectivity index (χ3n) is 4.57. The Bertz CT molecular complexity index is 440. The van der Waals surface area contributed by atoms with Crippen LogP contribution in [-0.4, -0.2) is 30.5 Å². The maximum atomic E-state index is 12.1. The van der Waals surface area contributed by atoms with Crippen LogP contribution in [0.2, 0.25) is 0 Å². The number of pyridine rings is 1. The molecule has 19 heavy (non-hydrogen) atoms. The fraction of sp³-hybridized carbons (Fsp3) is 0.600. The number of amides is 1. The van der Waals surface area contributed by atoms with Gasteiger partial charge in [0.1, 0.15) is 0 Å². The summed E-state index contributed by atoms with van der Waals surface area (Å²) in [4.78, 5) is 16.1. The molecule has 3 rings (SSSR count). The summed E-state index contributed by atoms with van der Waals surface area (Å²) in [5.74, 6) is 0.531. The van der Waals surface area contributed by atoms with E-state index in [1.165, 1.54) is 5.56 Å². The molecule has 1 atom stereocenters. The summed E-state index contributed by atoms with van der Waals surface area (Å²) in [7, 11) is 0. The van der Waals surface area contributed by atoms with Crippen LogP contribution in [0.25, 0.3) is 0 Å². The first kappa shape index (κ1) is 12.6. The predicted molar refractivity (Wildman–Crippen MR) is 73.6 cm³/mol. The van der Waals surface area contributed by atoms with E-state index in [2.05, 4.69) is 15.6 Å². The van der Waals surface area contributed by atoms with Crippen LogP contribution in [0.5, 0.6) is 0 Å². The number of carbonyl (C=O) groups is 1. The van der Waals surface area contributed by atoms with Crippen LogP contribution in [0.15, 0.2) is 24.5 Å². The number of hydrogen-bond acceptors (Lipinski definition) is 3. The minimum Gasteiger partial charge on any atom is -0.356 e. The molecule has 1 spiro atoms. The Balaban J connectivity index is 1.43. The Morgan fingerprint density at radius 2 is 2.11 bits per heavy atom. The van der Waals surface area contributed by atoms with E-state index in [-0.39, 0.29) is 11.8 Å². The van der Waals surface area contributed by atoms with E-state index < -0.39 is 0 Å². The van der Waals surface area contributed by atoms with Gasteiger partial charge in [0.25, 0.3) is 0 Å². The average Bonchev–Trinajstić information content (AvgIpc) is 3.14. The summed E-state index contributed by atoms with van der Waals surface area (Å²) in [5.41, 5.74) is 1.56.